The third kappa shape index (κ3) is 2.46. The highest BCUT2D eigenvalue weighted by molar-refractivity contribution is 6.03. The summed E-state index contributed by atoms with van der Waals surface area (Å²) in [5, 5.41) is 0. The van der Waals surface area contributed by atoms with Crippen LogP contribution in [-0.4, -0.2) is 34.3 Å². The maximum Gasteiger partial charge on any atom is 0.184 e. The molecule has 2 heterocycles. The first kappa shape index (κ1) is 13.2. The Morgan fingerprint density at radius 2 is 1.94 bits per heavy atom. The highest BCUT2D eigenvalue weighted by atomic mass is 16.1. The van der Waals surface area contributed by atoms with Gasteiger partial charge in [0.05, 0.1) is 5.54 Å². The van der Waals surface area contributed by atoms with Crippen molar-refractivity contribution in [1.82, 2.24) is 9.88 Å². The molecule has 0 aromatic carbocycles. The first-order valence-electron chi connectivity index (χ1n) is 6.74. The summed E-state index contributed by atoms with van der Waals surface area (Å²) in [6.07, 6.45) is 7.11. The molecule has 0 unspecified atom stereocenters. The molecule has 2 rings (SSSR count). The van der Waals surface area contributed by atoms with E-state index in [1.165, 1.54) is 19.3 Å². The largest absolute Gasteiger partial charge is 0.292 e. The first-order chi connectivity index (χ1) is 8.53. The van der Waals surface area contributed by atoms with E-state index in [9.17, 15) is 4.79 Å². The quantitative estimate of drug-likeness (QED) is 0.769. The molecular formula is C15H22N2O. The minimum atomic E-state index is -0.422. The van der Waals surface area contributed by atoms with Gasteiger partial charge in [0.2, 0.25) is 0 Å². The lowest BCUT2D eigenvalue weighted by Gasteiger charge is -2.39. The normalized spacial score (nSPS) is 17.7. The number of carbonyl (C=O) groups excluding carboxylic acids is 1. The Morgan fingerprint density at radius 1 is 1.28 bits per heavy atom. The summed E-state index contributed by atoms with van der Waals surface area (Å²) < 4.78 is 0. The molecule has 1 aliphatic rings. The first-order valence-corrected chi connectivity index (χ1v) is 6.74. The van der Waals surface area contributed by atoms with Gasteiger partial charge in [-0.25, -0.2) is 0 Å². The predicted molar refractivity (Wildman–Crippen MR) is 72.8 cm³/mol. The zero-order valence-corrected chi connectivity index (χ0v) is 11.6. The number of carbonyl (C=O) groups is 1. The van der Waals surface area contributed by atoms with Crippen LogP contribution in [-0.2, 0) is 0 Å². The Kier molecular flexibility index (Phi) is 3.81. The minimum absolute atomic E-state index is 0.190. The molecule has 1 aromatic heterocycles. The number of nitrogens with zero attached hydrogens (tertiary/aromatic N) is 2. The number of piperidine rings is 1. The van der Waals surface area contributed by atoms with Gasteiger partial charge in [-0.2, -0.15) is 0 Å². The Balaban J connectivity index is 2.24. The molecule has 0 spiro atoms. The molecule has 0 N–H and O–H groups in total. The zero-order valence-electron chi connectivity index (χ0n) is 11.6. The van der Waals surface area contributed by atoms with Crippen LogP contribution in [0.1, 0.15) is 49.0 Å². The monoisotopic (exact) mass is 246 g/mol. The van der Waals surface area contributed by atoms with Gasteiger partial charge in [0.1, 0.15) is 0 Å². The van der Waals surface area contributed by atoms with E-state index in [4.69, 9.17) is 0 Å². The highest BCUT2D eigenvalue weighted by Gasteiger charge is 2.36. The van der Waals surface area contributed by atoms with E-state index in [1.807, 2.05) is 26.8 Å². The van der Waals surface area contributed by atoms with Gasteiger partial charge in [0.15, 0.2) is 5.78 Å². The van der Waals surface area contributed by atoms with Crippen molar-refractivity contribution in [3.8, 4) is 0 Å². The van der Waals surface area contributed by atoms with Crippen molar-refractivity contribution in [3.63, 3.8) is 0 Å². The van der Waals surface area contributed by atoms with Crippen LogP contribution in [0.25, 0.3) is 0 Å². The summed E-state index contributed by atoms with van der Waals surface area (Å²) in [4.78, 5) is 19.1. The van der Waals surface area contributed by atoms with Crippen LogP contribution in [0.3, 0.4) is 0 Å². The molecule has 1 saturated heterocycles. The van der Waals surface area contributed by atoms with Gasteiger partial charge in [-0.15, -0.1) is 0 Å². The summed E-state index contributed by atoms with van der Waals surface area (Å²) in [7, 11) is 0. The second-order valence-corrected chi connectivity index (χ2v) is 5.63. The van der Waals surface area contributed by atoms with Crippen molar-refractivity contribution in [2.24, 2.45) is 0 Å². The van der Waals surface area contributed by atoms with Crippen molar-refractivity contribution in [1.29, 1.82) is 0 Å². The fraction of sp³-hybridized carbons (Fsp3) is 0.600. The van der Waals surface area contributed by atoms with Gasteiger partial charge in [0, 0.05) is 18.0 Å². The Labute approximate surface area is 109 Å². The Bertz CT molecular complexity index is 434. The molecule has 1 aliphatic heterocycles. The number of rotatable bonds is 3. The van der Waals surface area contributed by atoms with Gasteiger partial charge >= 0.3 is 0 Å². The number of aryl methyl sites for hydroxylation is 1. The number of hydrogen-bond acceptors (Lipinski definition) is 3. The summed E-state index contributed by atoms with van der Waals surface area (Å²) in [6, 6.07) is 1.90. The maximum atomic E-state index is 12.7. The van der Waals surface area contributed by atoms with Crippen molar-refractivity contribution in [2.75, 3.05) is 13.1 Å². The predicted octanol–water partition coefficient (Wildman–Crippen LogP) is 2.84. The molecule has 0 radical (unpaired) electrons. The van der Waals surface area contributed by atoms with Gasteiger partial charge in [0.25, 0.3) is 0 Å². The Morgan fingerprint density at radius 3 is 2.56 bits per heavy atom. The average Bonchev–Trinajstić information content (AvgIpc) is 2.39. The number of likely N-dealkylation sites (tertiary alicyclic amines) is 1. The number of hydrogen-bond donors (Lipinski definition) is 0. The lowest BCUT2D eigenvalue weighted by Crippen LogP contribution is -2.52. The molecule has 0 atom stereocenters. The van der Waals surface area contributed by atoms with Crippen LogP contribution in [0, 0.1) is 6.92 Å². The molecule has 3 nitrogen and oxygen atoms in total. The van der Waals surface area contributed by atoms with E-state index in [1.54, 1.807) is 12.4 Å². The smallest absolute Gasteiger partial charge is 0.184 e. The van der Waals surface area contributed by atoms with Crippen molar-refractivity contribution in [3.05, 3.63) is 29.6 Å². The second-order valence-electron chi connectivity index (χ2n) is 5.63. The molecule has 0 amide bonds. The number of pyridine rings is 1. The molecule has 0 bridgehead atoms. The van der Waals surface area contributed by atoms with Crippen LogP contribution < -0.4 is 0 Å². The van der Waals surface area contributed by atoms with Crippen LogP contribution in [0.2, 0.25) is 0 Å². The lowest BCUT2D eigenvalue weighted by molar-refractivity contribution is 0.0578. The standard InChI is InChI=1S/C15H22N2O/c1-12-7-8-16-11-13(12)14(18)15(2,3)17-9-5-4-6-10-17/h7-8,11H,4-6,9-10H2,1-3H3. The van der Waals surface area contributed by atoms with Gasteiger partial charge < -0.3 is 0 Å². The van der Waals surface area contributed by atoms with Crippen molar-refractivity contribution < 1.29 is 4.79 Å². The average molecular weight is 246 g/mol. The molecule has 1 aromatic rings. The van der Waals surface area contributed by atoms with E-state index < -0.39 is 5.54 Å². The number of Topliss-reactive ketones (excluding diaryl/α,β-unsaturated/α-hetero) is 1. The third-order valence-electron chi connectivity index (χ3n) is 3.99. The van der Waals surface area contributed by atoms with Crippen LogP contribution >= 0.6 is 0 Å². The van der Waals surface area contributed by atoms with E-state index in [-0.39, 0.29) is 5.78 Å². The lowest BCUT2D eigenvalue weighted by atomic mass is 9.88. The van der Waals surface area contributed by atoms with Gasteiger partial charge in [-0.3, -0.25) is 14.7 Å². The molecular weight excluding hydrogens is 224 g/mol. The van der Waals surface area contributed by atoms with Crippen LogP contribution in [0.15, 0.2) is 18.5 Å². The van der Waals surface area contributed by atoms with Crippen molar-refractivity contribution >= 4 is 5.78 Å². The van der Waals surface area contributed by atoms with E-state index in [0.717, 1.165) is 24.2 Å². The number of aromatic nitrogens is 1. The third-order valence-corrected chi connectivity index (χ3v) is 3.99. The fourth-order valence-electron chi connectivity index (χ4n) is 2.63. The summed E-state index contributed by atoms with van der Waals surface area (Å²) in [5.74, 6) is 0.190. The second kappa shape index (κ2) is 5.19. The molecule has 98 valence electrons. The number of ketones is 1. The molecule has 18 heavy (non-hydrogen) atoms. The Hall–Kier alpha value is -1.22. The van der Waals surface area contributed by atoms with Gasteiger partial charge in [-0.1, -0.05) is 6.42 Å². The van der Waals surface area contributed by atoms with Crippen LogP contribution in [0.5, 0.6) is 0 Å². The molecule has 0 saturated carbocycles. The van der Waals surface area contributed by atoms with E-state index >= 15 is 0 Å². The fourth-order valence-corrected chi connectivity index (χ4v) is 2.63. The molecule has 1 fully saturated rings. The van der Waals surface area contributed by atoms with E-state index in [2.05, 4.69) is 9.88 Å². The SMILES string of the molecule is Cc1ccncc1C(=O)C(C)(C)N1CCCCC1. The molecule has 3 heteroatoms. The van der Waals surface area contributed by atoms with E-state index in [0.29, 0.717) is 0 Å². The summed E-state index contributed by atoms with van der Waals surface area (Å²) in [5.41, 5.74) is 1.35. The summed E-state index contributed by atoms with van der Waals surface area (Å²) in [6.45, 7) is 8.09. The summed E-state index contributed by atoms with van der Waals surface area (Å²) >= 11 is 0. The minimum Gasteiger partial charge on any atom is -0.292 e. The topological polar surface area (TPSA) is 33.2 Å². The van der Waals surface area contributed by atoms with Crippen molar-refractivity contribution in [2.45, 2.75) is 45.6 Å². The highest BCUT2D eigenvalue weighted by Crippen LogP contribution is 2.25. The molecule has 0 aliphatic carbocycles. The van der Waals surface area contributed by atoms with Crippen LogP contribution in [0.4, 0.5) is 0 Å². The van der Waals surface area contributed by atoms with Gasteiger partial charge in [-0.05, 0) is 58.3 Å². The zero-order chi connectivity index (χ0) is 13.2. The maximum absolute atomic E-state index is 12.7.